The monoisotopic (exact) mass is 343 g/mol. The van der Waals surface area contributed by atoms with Crippen LogP contribution in [0.5, 0.6) is 0 Å². The number of aromatic nitrogens is 4. The van der Waals surface area contributed by atoms with Crippen molar-refractivity contribution < 1.29 is 17.2 Å². The molecular formula is C13H15F2N5O2S. The molecule has 0 bridgehead atoms. The quantitative estimate of drug-likeness (QED) is 0.810. The molecule has 0 radical (unpaired) electrons. The Hall–Kier alpha value is -2.10. The first kappa shape index (κ1) is 15.8. The van der Waals surface area contributed by atoms with Gasteiger partial charge >= 0.3 is 0 Å². The Morgan fingerprint density at radius 2 is 2.13 bits per heavy atom. The SMILES string of the molecule is CN(c1nnnn1Cc1ccc(F)c(F)c1)C1CCS(=O)(=O)C1. The first-order valence-electron chi connectivity index (χ1n) is 6.99. The summed E-state index contributed by atoms with van der Waals surface area (Å²) in [6.07, 6.45) is 0.511. The van der Waals surface area contributed by atoms with Crippen LogP contribution in [0.15, 0.2) is 18.2 Å². The van der Waals surface area contributed by atoms with Crippen molar-refractivity contribution >= 4 is 15.8 Å². The van der Waals surface area contributed by atoms with Crippen molar-refractivity contribution in [2.75, 3.05) is 23.5 Å². The maximum Gasteiger partial charge on any atom is 0.245 e. The van der Waals surface area contributed by atoms with Crippen LogP contribution >= 0.6 is 0 Å². The summed E-state index contributed by atoms with van der Waals surface area (Å²) in [5.74, 6) is -1.27. The van der Waals surface area contributed by atoms with Crippen LogP contribution in [0.25, 0.3) is 0 Å². The van der Waals surface area contributed by atoms with Gasteiger partial charge in [-0.05, 0) is 34.5 Å². The van der Waals surface area contributed by atoms with E-state index in [1.807, 2.05) is 0 Å². The zero-order valence-electron chi connectivity index (χ0n) is 12.4. The number of hydrogen-bond donors (Lipinski definition) is 0. The Morgan fingerprint density at radius 3 is 2.78 bits per heavy atom. The highest BCUT2D eigenvalue weighted by Gasteiger charge is 2.32. The molecule has 1 fully saturated rings. The minimum Gasteiger partial charge on any atom is -0.339 e. The van der Waals surface area contributed by atoms with Gasteiger partial charge in [0.15, 0.2) is 21.5 Å². The van der Waals surface area contributed by atoms with Crippen molar-refractivity contribution in [1.29, 1.82) is 0 Å². The lowest BCUT2D eigenvalue weighted by Crippen LogP contribution is -2.34. The lowest BCUT2D eigenvalue weighted by Gasteiger charge is -2.23. The number of benzene rings is 1. The van der Waals surface area contributed by atoms with Crippen molar-refractivity contribution in [3.8, 4) is 0 Å². The second-order valence-electron chi connectivity index (χ2n) is 5.55. The van der Waals surface area contributed by atoms with Crippen LogP contribution in [-0.4, -0.2) is 53.2 Å². The number of tetrazole rings is 1. The molecule has 2 aromatic rings. The second kappa shape index (κ2) is 5.84. The van der Waals surface area contributed by atoms with Crippen LogP contribution in [0.2, 0.25) is 0 Å². The molecule has 10 heteroatoms. The van der Waals surface area contributed by atoms with E-state index < -0.39 is 21.5 Å². The first-order chi connectivity index (χ1) is 10.9. The van der Waals surface area contributed by atoms with Gasteiger partial charge in [-0.15, -0.1) is 0 Å². The summed E-state index contributed by atoms with van der Waals surface area (Å²) < 4.78 is 50.9. The third kappa shape index (κ3) is 3.31. The van der Waals surface area contributed by atoms with E-state index in [0.29, 0.717) is 17.9 Å². The highest BCUT2D eigenvalue weighted by atomic mass is 32.2. The molecule has 0 saturated carbocycles. The molecule has 0 aliphatic carbocycles. The number of halogens is 2. The molecule has 0 amide bonds. The molecular weight excluding hydrogens is 328 g/mol. The van der Waals surface area contributed by atoms with E-state index in [1.54, 1.807) is 11.9 Å². The van der Waals surface area contributed by atoms with Crippen molar-refractivity contribution in [3.63, 3.8) is 0 Å². The van der Waals surface area contributed by atoms with E-state index in [9.17, 15) is 17.2 Å². The van der Waals surface area contributed by atoms with Crippen molar-refractivity contribution in [2.45, 2.75) is 19.0 Å². The lowest BCUT2D eigenvalue weighted by atomic mass is 10.2. The molecule has 1 aliphatic heterocycles. The molecule has 0 N–H and O–H groups in total. The number of nitrogens with zero attached hydrogens (tertiary/aromatic N) is 5. The van der Waals surface area contributed by atoms with Gasteiger partial charge in [-0.1, -0.05) is 11.2 Å². The van der Waals surface area contributed by atoms with Crippen molar-refractivity contribution in [1.82, 2.24) is 20.2 Å². The van der Waals surface area contributed by atoms with E-state index in [2.05, 4.69) is 15.5 Å². The Kier molecular flexibility index (Phi) is 4.00. The summed E-state index contributed by atoms with van der Waals surface area (Å²) in [6, 6.07) is 3.38. The molecule has 7 nitrogen and oxygen atoms in total. The minimum absolute atomic E-state index is 0.0571. The zero-order valence-corrected chi connectivity index (χ0v) is 13.2. The molecule has 3 rings (SSSR count). The maximum atomic E-state index is 13.3. The van der Waals surface area contributed by atoms with Crippen LogP contribution in [0.4, 0.5) is 14.7 Å². The smallest absolute Gasteiger partial charge is 0.245 e. The molecule has 1 aromatic carbocycles. The topological polar surface area (TPSA) is 81.0 Å². The molecule has 124 valence electrons. The lowest BCUT2D eigenvalue weighted by molar-refractivity contribution is 0.505. The third-order valence-corrected chi connectivity index (χ3v) is 5.65. The fraction of sp³-hybridized carbons (Fsp3) is 0.462. The van der Waals surface area contributed by atoms with Gasteiger partial charge in [0.1, 0.15) is 0 Å². The number of hydrogen-bond acceptors (Lipinski definition) is 6. The van der Waals surface area contributed by atoms with Crippen LogP contribution in [0, 0.1) is 11.6 Å². The van der Waals surface area contributed by atoms with Crippen molar-refractivity contribution in [3.05, 3.63) is 35.4 Å². The Labute approximate surface area is 131 Å². The Bertz CT molecular complexity index is 824. The highest BCUT2D eigenvalue weighted by Crippen LogP contribution is 2.21. The summed E-state index contributed by atoms with van der Waals surface area (Å²) >= 11 is 0. The number of anilines is 1. The molecule has 1 atom stereocenters. The molecule has 23 heavy (non-hydrogen) atoms. The van der Waals surface area contributed by atoms with Crippen LogP contribution < -0.4 is 4.90 Å². The zero-order chi connectivity index (χ0) is 16.6. The third-order valence-electron chi connectivity index (χ3n) is 3.90. The summed E-state index contributed by atoms with van der Waals surface area (Å²) in [6.45, 7) is 0.156. The summed E-state index contributed by atoms with van der Waals surface area (Å²) in [4.78, 5) is 1.71. The van der Waals surface area contributed by atoms with E-state index in [-0.39, 0.29) is 24.1 Å². The fourth-order valence-corrected chi connectivity index (χ4v) is 4.38. The predicted molar refractivity (Wildman–Crippen MR) is 78.7 cm³/mol. The predicted octanol–water partition coefficient (Wildman–Crippen LogP) is 0.623. The Morgan fingerprint density at radius 1 is 1.35 bits per heavy atom. The summed E-state index contributed by atoms with van der Waals surface area (Å²) in [7, 11) is -1.30. The highest BCUT2D eigenvalue weighted by molar-refractivity contribution is 7.91. The first-order valence-corrected chi connectivity index (χ1v) is 8.81. The minimum atomic E-state index is -3.02. The number of sulfone groups is 1. The Balaban J connectivity index is 1.80. The molecule has 1 aliphatic rings. The van der Waals surface area contributed by atoms with E-state index in [4.69, 9.17) is 0 Å². The second-order valence-corrected chi connectivity index (χ2v) is 7.78. The van der Waals surface area contributed by atoms with E-state index in [0.717, 1.165) is 12.1 Å². The molecule has 1 aromatic heterocycles. The molecule has 0 spiro atoms. The van der Waals surface area contributed by atoms with Gasteiger partial charge in [0, 0.05) is 13.1 Å². The van der Waals surface area contributed by atoms with Gasteiger partial charge in [0.05, 0.1) is 18.1 Å². The van der Waals surface area contributed by atoms with Gasteiger partial charge < -0.3 is 4.90 Å². The molecule has 2 heterocycles. The van der Waals surface area contributed by atoms with Crippen LogP contribution in [0.3, 0.4) is 0 Å². The fourth-order valence-electron chi connectivity index (χ4n) is 2.61. The van der Waals surface area contributed by atoms with Gasteiger partial charge in [-0.3, -0.25) is 0 Å². The largest absolute Gasteiger partial charge is 0.339 e. The summed E-state index contributed by atoms with van der Waals surface area (Å²) in [5, 5.41) is 11.3. The average molecular weight is 343 g/mol. The van der Waals surface area contributed by atoms with Gasteiger partial charge in [-0.25, -0.2) is 21.9 Å². The number of rotatable bonds is 4. The molecule has 1 unspecified atom stereocenters. The average Bonchev–Trinajstić information content (AvgIpc) is 3.08. The summed E-state index contributed by atoms with van der Waals surface area (Å²) in [5.41, 5.74) is 0.505. The van der Waals surface area contributed by atoms with Crippen LogP contribution in [0.1, 0.15) is 12.0 Å². The molecule has 1 saturated heterocycles. The van der Waals surface area contributed by atoms with Crippen LogP contribution in [-0.2, 0) is 16.4 Å². The van der Waals surface area contributed by atoms with Gasteiger partial charge in [0.2, 0.25) is 5.95 Å². The normalized spacial score (nSPS) is 19.9. The maximum absolute atomic E-state index is 13.3. The van der Waals surface area contributed by atoms with E-state index >= 15 is 0 Å². The van der Waals surface area contributed by atoms with Crippen molar-refractivity contribution in [2.24, 2.45) is 0 Å². The van der Waals surface area contributed by atoms with Gasteiger partial charge in [0.25, 0.3) is 0 Å². The standard InChI is InChI=1S/C13H15F2N5O2S/c1-19(10-4-5-23(21,22)8-10)13-16-17-18-20(13)7-9-2-3-11(14)12(15)6-9/h2-3,6,10H,4-5,7-8H2,1H3. The van der Waals surface area contributed by atoms with E-state index in [1.165, 1.54) is 10.7 Å². The van der Waals surface area contributed by atoms with Gasteiger partial charge in [-0.2, -0.15) is 0 Å².